The van der Waals surface area contributed by atoms with E-state index in [1.165, 1.54) is 12.1 Å². The topological polar surface area (TPSA) is 74.2 Å². The van der Waals surface area contributed by atoms with Crippen molar-refractivity contribution in [3.8, 4) is 11.5 Å². The summed E-state index contributed by atoms with van der Waals surface area (Å²) in [4.78, 5) is 4.15. The average Bonchev–Trinajstić information content (AvgIpc) is 2.84. The van der Waals surface area contributed by atoms with Crippen molar-refractivity contribution >= 4 is 15.9 Å². The molecule has 0 amide bonds. The Morgan fingerprint density at radius 3 is 2.95 bits per heavy atom. The van der Waals surface area contributed by atoms with Gasteiger partial charge >= 0.3 is 0 Å². The molecule has 7 heteroatoms. The Kier molecular flexibility index (Phi) is 4.62. The summed E-state index contributed by atoms with van der Waals surface area (Å²) in [6.45, 7) is 2.75. The molecule has 1 atom stereocenters. The number of hydrogen-bond donors (Lipinski definition) is 1. The second kappa shape index (κ2) is 6.23. The van der Waals surface area contributed by atoms with Crippen molar-refractivity contribution < 1.29 is 13.7 Å². The Labute approximate surface area is 118 Å². The fourth-order valence-corrected chi connectivity index (χ4v) is 1.96. The van der Waals surface area contributed by atoms with Crippen molar-refractivity contribution in [3.63, 3.8) is 0 Å². The van der Waals surface area contributed by atoms with E-state index in [-0.39, 0.29) is 11.7 Å². The Morgan fingerprint density at radius 2 is 2.26 bits per heavy atom. The standard InChI is InChI=1S/C12H13BrFN3O2/c1-2-18-6-10(15)11-16-12(19-17-11)7-3-8(13)5-9(14)4-7/h3-5,10H,2,6,15H2,1H3. The number of benzene rings is 1. The van der Waals surface area contributed by atoms with Crippen molar-refractivity contribution in [2.24, 2.45) is 5.73 Å². The van der Waals surface area contributed by atoms with Crippen LogP contribution in [-0.4, -0.2) is 23.4 Å². The molecule has 5 nitrogen and oxygen atoms in total. The van der Waals surface area contributed by atoms with Crippen molar-refractivity contribution in [3.05, 3.63) is 34.3 Å². The van der Waals surface area contributed by atoms with Gasteiger partial charge in [-0.2, -0.15) is 4.98 Å². The molecular weight excluding hydrogens is 317 g/mol. The highest BCUT2D eigenvalue weighted by atomic mass is 79.9. The van der Waals surface area contributed by atoms with Gasteiger partial charge in [-0.3, -0.25) is 0 Å². The Balaban J connectivity index is 2.20. The molecule has 2 aromatic rings. The highest BCUT2D eigenvalue weighted by molar-refractivity contribution is 9.10. The fraction of sp³-hybridized carbons (Fsp3) is 0.333. The van der Waals surface area contributed by atoms with Crippen LogP contribution in [0.5, 0.6) is 0 Å². The van der Waals surface area contributed by atoms with E-state index in [0.29, 0.717) is 29.1 Å². The van der Waals surface area contributed by atoms with E-state index in [4.69, 9.17) is 15.0 Å². The lowest BCUT2D eigenvalue weighted by Crippen LogP contribution is -2.18. The van der Waals surface area contributed by atoms with Gasteiger partial charge in [0.15, 0.2) is 5.82 Å². The molecule has 0 aliphatic rings. The van der Waals surface area contributed by atoms with Crippen LogP contribution in [0.15, 0.2) is 27.2 Å². The highest BCUT2D eigenvalue weighted by Crippen LogP contribution is 2.24. The lowest BCUT2D eigenvalue weighted by Gasteiger charge is -2.05. The van der Waals surface area contributed by atoms with Crippen LogP contribution in [0.1, 0.15) is 18.8 Å². The molecule has 0 saturated carbocycles. The number of halogens is 2. The molecule has 0 aliphatic heterocycles. The third-order valence-electron chi connectivity index (χ3n) is 2.38. The largest absolute Gasteiger partial charge is 0.380 e. The molecule has 0 saturated heterocycles. The molecule has 1 aromatic carbocycles. The Bertz CT molecular complexity index is 541. The first-order chi connectivity index (χ1) is 9.10. The summed E-state index contributed by atoms with van der Waals surface area (Å²) in [5.41, 5.74) is 6.33. The fourth-order valence-electron chi connectivity index (χ4n) is 1.50. The zero-order valence-electron chi connectivity index (χ0n) is 10.3. The van der Waals surface area contributed by atoms with Crippen LogP contribution in [0.25, 0.3) is 11.5 Å². The van der Waals surface area contributed by atoms with E-state index in [9.17, 15) is 4.39 Å². The van der Waals surface area contributed by atoms with Gasteiger partial charge in [0.25, 0.3) is 5.89 Å². The minimum absolute atomic E-state index is 0.224. The van der Waals surface area contributed by atoms with Crippen molar-refractivity contribution in [2.75, 3.05) is 13.2 Å². The Hall–Kier alpha value is -1.31. The van der Waals surface area contributed by atoms with Crippen LogP contribution < -0.4 is 5.73 Å². The number of aromatic nitrogens is 2. The van der Waals surface area contributed by atoms with Crippen LogP contribution in [0.4, 0.5) is 4.39 Å². The number of ether oxygens (including phenoxy) is 1. The van der Waals surface area contributed by atoms with E-state index in [1.54, 1.807) is 6.07 Å². The van der Waals surface area contributed by atoms with Gasteiger partial charge in [0.05, 0.1) is 12.6 Å². The van der Waals surface area contributed by atoms with Crippen molar-refractivity contribution in [1.29, 1.82) is 0 Å². The maximum Gasteiger partial charge on any atom is 0.258 e. The maximum atomic E-state index is 13.3. The summed E-state index contributed by atoms with van der Waals surface area (Å²) in [7, 11) is 0. The monoisotopic (exact) mass is 329 g/mol. The van der Waals surface area contributed by atoms with Crippen molar-refractivity contribution in [1.82, 2.24) is 10.1 Å². The molecule has 0 bridgehead atoms. The first-order valence-electron chi connectivity index (χ1n) is 5.73. The van der Waals surface area contributed by atoms with Crippen LogP contribution in [0.2, 0.25) is 0 Å². The van der Waals surface area contributed by atoms with Gasteiger partial charge in [-0.25, -0.2) is 4.39 Å². The average molecular weight is 330 g/mol. The summed E-state index contributed by atoms with van der Waals surface area (Å²) in [5, 5.41) is 3.78. The van der Waals surface area contributed by atoms with E-state index in [0.717, 1.165) is 0 Å². The van der Waals surface area contributed by atoms with Gasteiger partial charge in [-0.15, -0.1) is 0 Å². The predicted molar refractivity (Wildman–Crippen MR) is 70.8 cm³/mol. The number of rotatable bonds is 5. The summed E-state index contributed by atoms with van der Waals surface area (Å²) in [6.07, 6.45) is 0. The minimum atomic E-state index is -0.463. The molecule has 0 radical (unpaired) electrons. The van der Waals surface area contributed by atoms with E-state index in [1.807, 2.05) is 6.92 Å². The van der Waals surface area contributed by atoms with Gasteiger partial charge in [-0.05, 0) is 25.1 Å². The zero-order chi connectivity index (χ0) is 13.8. The molecule has 1 aromatic heterocycles. The minimum Gasteiger partial charge on any atom is -0.380 e. The molecule has 19 heavy (non-hydrogen) atoms. The van der Waals surface area contributed by atoms with Gasteiger partial charge < -0.3 is 15.0 Å². The second-order valence-electron chi connectivity index (χ2n) is 3.88. The summed E-state index contributed by atoms with van der Waals surface area (Å²) in [5.74, 6) is 0.175. The third kappa shape index (κ3) is 3.59. The van der Waals surface area contributed by atoms with E-state index >= 15 is 0 Å². The quantitative estimate of drug-likeness (QED) is 0.912. The lowest BCUT2D eigenvalue weighted by molar-refractivity contribution is 0.130. The van der Waals surface area contributed by atoms with Crippen LogP contribution in [-0.2, 0) is 4.74 Å². The summed E-state index contributed by atoms with van der Waals surface area (Å²) in [6, 6.07) is 3.89. The van der Waals surface area contributed by atoms with E-state index < -0.39 is 6.04 Å². The first-order valence-corrected chi connectivity index (χ1v) is 6.53. The van der Waals surface area contributed by atoms with Gasteiger partial charge in [-0.1, -0.05) is 21.1 Å². The smallest absolute Gasteiger partial charge is 0.258 e. The molecule has 1 unspecified atom stereocenters. The number of nitrogens with zero attached hydrogens (tertiary/aromatic N) is 2. The second-order valence-corrected chi connectivity index (χ2v) is 4.80. The zero-order valence-corrected chi connectivity index (χ0v) is 11.9. The number of nitrogens with two attached hydrogens (primary N) is 1. The van der Waals surface area contributed by atoms with E-state index in [2.05, 4.69) is 26.1 Å². The molecule has 102 valence electrons. The van der Waals surface area contributed by atoms with Gasteiger partial charge in [0.1, 0.15) is 5.82 Å². The summed E-state index contributed by atoms with van der Waals surface area (Å²) < 4.78 is 24.1. The summed E-state index contributed by atoms with van der Waals surface area (Å²) >= 11 is 3.21. The molecule has 0 spiro atoms. The molecule has 1 heterocycles. The van der Waals surface area contributed by atoms with Crippen LogP contribution in [0, 0.1) is 5.82 Å². The molecule has 2 N–H and O–H groups in total. The normalized spacial score (nSPS) is 12.6. The molecule has 2 rings (SSSR count). The number of hydrogen-bond acceptors (Lipinski definition) is 5. The van der Waals surface area contributed by atoms with Gasteiger partial charge in [0.2, 0.25) is 0 Å². The van der Waals surface area contributed by atoms with Crippen molar-refractivity contribution in [2.45, 2.75) is 13.0 Å². The van der Waals surface area contributed by atoms with Crippen LogP contribution >= 0.6 is 15.9 Å². The lowest BCUT2D eigenvalue weighted by atomic mass is 10.2. The maximum absolute atomic E-state index is 13.3. The predicted octanol–water partition coefficient (Wildman–Crippen LogP) is 2.67. The van der Waals surface area contributed by atoms with Crippen LogP contribution in [0.3, 0.4) is 0 Å². The third-order valence-corrected chi connectivity index (χ3v) is 2.84. The molecule has 0 fully saturated rings. The first kappa shape index (κ1) is 14.1. The van der Waals surface area contributed by atoms with Gasteiger partial charge in [0, 0.05) is 16.6 Å². The SMILES string of the molecule is CCOCC(N)c1noc(-c2cc(F)cc(Br)c2)n1. The Morgan fingerprint density at radius 1 is 1.47 bits per heavy atom. The highest BCUT2D eigenvalue weighted by Gasteiger charge is 2.16. The molecule has 0 aliphatic carbocycles. The molecular formula is C12H13BrFN3O2.